The molecule has 3 nitrogen and oxygen atoms in total. The van der Waals surface area contributed by atoms with Gasteiger partial charge in [0.15, 0.2) is 0 Å². The van der Waals surface area contributed by atoms with Crippen LogP contribution < -0.4 is 0 Å². The normalized spacial score (nSPS) is 23.1. The van der Waals surface area contributed by atoms with Crippen LogP contribution in [0.5, 0.6) is 0 Å². The smallest absolute Gasteiger partial charge is 0.145 e. The van der Waals surface area contributed by atoms with E-state index in [1.54, 1.807) is 7.11 Å². The highest BCUT2D eigenvalue weighted by Crippen LogP contribution is 2.22. The lowest BCUT2D eigenvalue weighted by Gasteiger charge is -2.04. The maximum Gasteiger partial charge on any atom is 0.145 e. The van der Waals surface area contributed by atoms with Crippen LogP contribution in [-0.2, 0) is 14.3 Å². The molecule has 0 aliphatic heterocycles. The third kappa shape index (κ3) is 2.14. The average molecular weight is 170 g/mol. The number of Topliss-reactive ketones (excluding diaryl/α,β-unsaturated/α-hetero) is 2. The standard InChI is InChI=1S/C9H14O3/c1-12-6-5-9(11)7-3-2-4-8(7)10/h7H,2-6H2,1H3. The van der Waals surface area contributed by atoms with Gasteiger partial charge >= 0.3 is 0 Å². The zero-order valence-corrected chi connectivity index (χ0v) is 7.34. The molecule has 1 saturated carbocycles. The Morgan fingerprint density at radius 1 is 1.67 bits per heavy atom. The third-order valence-corrected chi connectivity index (χ3v) is 2.25. The molecule has 0 bridgehead atoms. The Balaban J connectivity index is 2.36. The molecule has 0 spiro atoms. The second-order valence-electron chi connectivity index (χ2n) is 3.12. The Bertz CT molecular complexity index is 186. The van der Waals surface area contributed by atoms with E-state index in [0.29, 0.717) is 19.4 Å². The summed E-state index contributed by atoms with van der Waals surface area (Å²) in [7, 11) is 1.56. The minimum Gasteiger partial charge on any atom is -0.384 e. The van der Waals surface area contributed by atoms with Crippen molar-refractivity contribution in [3.63, 3.8) is 0 Å². The number of rotatable bonds is 4. The van der Waals surface area contributed by atoms with Crippen molar-refractivity contribution in [2.24, 2.45) is 5.92 Å². The number of methoxy groups -OCH3 is 1. The van der Waals surface area contributed by atoms with E-state index in [2.05, 4.69) is 0 Å². The molecule has 1 rings (SSSR count). The first kappa shape index (κ1) is 9.39. The summed E-state index contributed by atoms with van der Waals surface area (Å²) in [5.74, 6) is -0.129. The molecule has 0 aromatic heterocycles. The van der Waals surface area contributed by atoms with Crippen LogP contribution in [0.25, 0.3) is 0 Å². The summed E-state index contributed by atoms with van der Waals surface area (Å²) in [4.78, 5) is 22.4. The summed E-state index contributed by atoms with van der Waals surface area (Å²) < 4.78 is 4.78. The number of hydrogen-bond acceptors (Lipinski definition) is 3. The van der Waals surface area contributed by atoms with E-state index in [1.807, 2.05) is 0 Å². The summed E-state index contributed by atoms with van der Waals surface area (Å²) in [5, 5.41) is 0. The van der Waals surface area contributed by atoms with Gasteiger partial charge in [0.1, 0.15) is 11.6 Å². The Morgan fingerprint density at radius 2 is 2.42 bits per heavy atom. The molecular weight excluding hydrogens is 156 g/mol. The predicted octanol–water partition coefficient (Wildman–Crippen LogP) is 0.961. The molecule has 1 aliphatic carbocycles. The van der Waals surface area contributed by atoms with Crippen molar-refractivity contribution in [3.05, 3.63) is 0 Å². The molecular formula is C9H14O3. The van der Waals surface area contributed by atoms with Crippen molar-refractivity contribution >= 4 is 11.6 Å². The molecule has 0 aromatic carbocycles. The quantitative estimate of drug-likeness (QED) is 0.590. The second-order valence-corrected chi connectivity index (χ2v) is 3.12. The molecule has 0 N–H and O–H groups in total. The molecule has 0 aromatic rings. The largest absolute Gasteiger partial charge is 0.384 e. The van der Waals surface area contributed by atoms with Crippen LogP contribution in [0.2, 0.25) is 0 Å². The topological polar surface area (TPSA) is 43.4 Å². The van der Waals surface area contributed by atoms with Crippen LogP contribution in [0.4, 0.5) is 0 Å². The minimum absolute atomic E-state index is 0.0550. The highest BCUT2D eigenvalue weighted by Gasteiger charge is 2.29. The molecule has 1 aliphatic rings. The van der Waals surface area contributed by atoms with Crippen molar-refractivity contribution in [1.29, 1.82) is 0 Å². The molecule has 0 heterocycles. The van der Waals surface area contributed by atoms with Crippen molar-refractivity contribution in [3.8, 4) is 0 Å². The van der Waals surface area contributed by atoms with Gasteiger partial charge in [-0.2, -0.15) is 0 Å². The van der Waals surface area contributed by atoms with Crippen molar-refractivity contribution < 1.29 is 14.3 Å². The number of ether oxygens (including phenoxy) is 1. The van der Waals surface area contributed by atoms with Gasteiger partial charge in [-0.05, 0) is 12.8 Å². The van der Waals surface area contributed by atoms with Crippen LogP contribution >= 0.6 is 0 Å². The molecule has 12 heavy (non-hydrogen) atoms. The Labute approximate surface area is 72.1 Å². The van der Waals surface area contributed by atoms with E-state index in [0.717, 1.165) is 12.8 Å². The fourth-order valence-electron chi connectivity index (χ4n) is 1.53. The first-order chi connectivity index (χ1) is 5.75. The molecule has 0 amide bonds. The zero-order chi connectivity index (χ0) is 8.97. The lowest BCUT2D eigenvalue weighted by atomic mass is 10.00. The Kier molecular flexibility index (Phi) is 3.41. The van der Waals surface area contributed by atoms with Crippen LogP contribution in [0.3, 0.4) is 0 Å². The first-order valence-electron chi connectivity index (χ1n) is 4.30. The number of ketones is 2. The van der Waals surface area contributed by atoms with E-state index < -0.39 is 0 Å². The molecule has 1 atom stereocenters. The summed E-state index contributed by atoms with van der Waals surface area (Å²) in [6.45, 7) is 0.433. The van der Waals surface area contributed by atoms with Crippen molar-refractivity contribution in [1.82, 2.24) is 0 Å². The molecule has 3 heteroatoms. The predicted molar refractivity (Wildman–Crippen MR) is 43.8 cm³/mol. The van der Waals surface area contributed by atoms with Gasteiger partial charge in [-0.15, -0.1) is 0 Å². The van der Waals surface area contributed by atoms with E-state index in [1.165, 1.54) is 0 Å². The molecule has 1 unspecified atom stereocenters. The second kappa shape index (κ2) is 4.36. The van der Waals surface area contributed by atoms with Crippen LogP contribution in [0, 0.1) is 5.92 Å². The highest BCUT2D eigenvalue weighted by molar-refractivity contribution is 6.03. The number of hydrogen-bond donors (Lipinski definition) is 0. The van der Waals surface area contributed by atoms with Gasteiger partial charge in [0.2, 0.25) is 0 Å². The zero-order valence-electron chi connectivity index (χ0n) is 7.34. The molecule has 68 valence electrons. The van der Waals surface area contributed by atoms with Crippen molar-refractivity contribution in [2.45, 2.75) is 25.7 Å². The summed E-state index contributed by atoms with van der Waals surface area (Å²) in [6.07, 6.45) is 2.60. The van der Waals surface area contributed by atoms with Gasteiger partial charge in [0, 0.05) is 20.0 Å². The highest BCUT2D eigenvalue weighted by atomic mass is 16.5. The van der Waals surface area contributed by atoms with E-state index in [9.17, 15) is 9.59 Å². The SMILES string of the molecule is COCCC(=O)C1CCCC1=O. The summed E-state index contributed by atoms with van der Waals surface area (Å²) in [5.41, 5.74) is 0. The van der Waals surface area contributed by atoms with Gasteiger partial charge in [-0.1, -0.05) is 0 Å². The van der Waals surface area contributed by atoms with Crippen LogP contribution in [-0.4, -0.2) is 25.3 Å². The van der Waals surface area contributed by atoms with Gasteiger partial charge < -0.3 is 4.74 Å². The summed E-state index contributed by atoms with van der Waals surface area (Å²) >= 11 is 0. The molecule has 0 saturated heterocycles. The molecule has 1 fully saturated rings. The average Bonchev–Trinajstić information content (AvgIpc) is 2.47. The van der Waals surface area contributed by atoms with E-state index in [-0.39, 0.29) is 17.5 Å². The Morgan fingerprint density at radius 3 is 2.92 bits per heavy atom. The monoisotopic (exact) mass is 170 g/mol. The van der Waals surface area contributed by atoms with Gasteiger partial charge in [0.25, 0.3) is 0 Å². The number of carbonyl (C=O) groups is 2. The van der Waals surface area contributed by atoms with E-state index in [4.69, 9.17) is 4.74 Å². The maximum atomic E-state index is 11.3. The van der Waals surface area contributed by atoms with E-state index >= 15 is 0 Å². The fourth-order valence-corrected chi connectivity index (χ4v) is 1.53. The molecule has 0 radical (unpaired) electrons. The number of carbonyl (C=O) groups excluding carboxylic acids is 2. The van der Waals surface area contributed by atoms with Gasteiger partial charge in [0.05, 0.1) is 12.5 Å². The van der Waals surface area contributed by atoms with Crippen LogP contribution in [0.1, 0.15) is 25.7 Å². The fraction of sp³-hybridized carbons (Fsp3) is 0.778. The minimum atomic E-state index is -0.305. The van der Waals surface area contributed by atoms with Crippen LogP contribution in [0.15, 0.2) is 0 Å². The lowest BCUT2D eigenvalue weighted by Crippen LogP contribution is -2.19. The van der Waals surface area contributed by atoms with Gasteiger partial charge in [-0.3, -0.25) is 9.59 Å². The lowest BCUT2D eigenvalue weighted by molar-refractivity contribution is -0.131. The third-order valence-electron chi connectivity index (χ3n) is 2.25. The maximum absolute atomic E-state index is 11.3. The Hall–Kier alpha value is -0.700. The summed E-state index contributed by atoms with van der Waals surface area (Å²) in [6, 6.07) is 0. The first-order valence-corrected chi connectivity index (χ1v) is 4.30. The van der Waals surface area contributed by atoms with Crippen molar-refractivity contribution in [2.75, 3.05) is 13.7 Å². The van der Waals surface area contributed by atoms with Gasteiger partial charge in [-0.25, -0.2) is 0 Å².